The van der Waals surface area contributed by atoms with Crippen LogP contribution in [0, 0.1) is 0 Å². The molecule has 0 aromatic carbocycles. The van der Waals surface area contributed by atoms with E-state index < -0.39 is 0 Å². The van der Waals surface area contributed by atoms with Gasteiger partial charge in [-0.3, -0.25) is 14.6 Å². The van der Waals surface area contributed by atoms with E-state index in [0.29, 0.717) is 6.61 Å². The molecule has 0 atom stereocenters. The molecule has 1 aliphatic heterocycles. The van der Waals surface area contributed by atoms with Gasteiger partial charge in [0.05, 0.1) is 6.61 Å². The minimum atomic E-state index is 0.685. The molecule has 1 N–H and O–H groups in total. The van der Waals surface area contributed by atoms with Gasteiger partial charge in [0.15, 0.2) is 0 Å². The first-order valence-corrected chi connectivity index (χ1v) is 5.03. The minimum absolute atomic E-state index is 0.685. The normalized spacial score (nSPS) is 22.0. The topological polar surface area (TPSA) is 41.6 Å². The van der Waals surface area contributed by atoms with Crippen LogP contribution >= 0.6 is 0 Å². The first-order chi connectivity index (χ1) is 6.43. The van der Waals surface area contributed by atoms with Crippen LogP contribution in [-0.2, 0) is 9.63 Å². The Morgan fingerprint density at radius 3 is 2.54 bits per heavy atom. The maximum atomic E-state index is 10.5. The van der Waals surface area contributed by atoms with E-state index in [0.717, 1.165) is 25.8 Å². The molecule has 0 aromatic rings. The van der Waals surface area contributed by atoms with Gasteiger partial charge in [0, 0.05) is 6.54 Å². The number of hydrazine groups is 1. The third-order valence-corrected chi connectivity index (χ3v) is 2.20. The highest BCUT2D eigenvalue weighted by Gasteiger charge is 2.02. The van der Waals surface area contributed by atoms with Crippen molar-refractivity contribution >= 4 is 6.41 Å². The van der Waals surface area contributed by atoms with E-state index in [4.69, 9.17) is 4.84 Å². The van der Waals surface area contributed by atoms with Crippen LogP contribution in [0.4, 0.5) is 0 Å². The summed E-state index contributed by atoms with van der Waals surface area (Å²) in [7, 11) is 0. The van der Waals surface area contributed by atoms with Crippen LogP contribution in [0.3, 0.4) is 0 Å². The summed E-state index contributed by atoms with van der Waals surface area (Å²) in [5, 5.41) is 1.46. The molecule has 0 aromatic heterocycles. The molecule has 4 heteroatoms. The van der Waals surface area contributed by atoms with Crippen molar-refractivity contribution in [3.05, 3.63) is 0 Å². The van der Waals surface area contributed by atoms with Crippen LogP contribution in [0.2, 0.25) is 0 Å². The Hall–Kier alpha value is -0.610. The summed E-state index contributed by atoms with van der Waals surface area (Å²) >= 11 is 0. The van der Waals surface area contributed by atoms with E-state index in [1.165, 1.54) is 30.7 Å². The molecule has 1 rings (SSSR count). The fraction of sp³-hybridized carbons (Fsp3) is 0.889. The van der Waals surface area contributed by atoms with Crippen LogP contribution in [0.5, 0.6) is 0 Å². The second-order valence-corrected chi connectivity index (χ2v) is 3.36. The van der Waals surface area contributed by atoms with Gasteiger partial charge in [-0.1, -0.05) is 25.7 Å². The molecule has 0 unspecified atom stereocenters. The minimum Gasteiger partial charge on any atom is -0.282 e. The summed E-state index contributed by atoms with van der Waals surface area (Å²) in [6, 6.07) is 0. The van der Waals surface area contributed by atoms with Gasteiger partial charge in [0.2, 0.25) is 6.41 Å². The Morgan fingerprint density at radius 2 is 1.77 bits per heavy atom. The van der Waals surface area contributed by atoms with Gasteiger partial charge in [-0.15, -0.1) is 5.59 Å². The predicted molar refractivity (Wildman–Crippen MR) is 49.6 cm³/mol. The van der Waals surface area contributed by atoms with E-state index >= 15 is 0 Å². The van der Waals surface area contributed by atoms with E-state index in [-0.39, 0.29) is 0 Å². The van der Waals surface area contributed by atoms with Gasteiger partial charge in [0.25, 0.3) is 0 Å². The Balaban J connectivity index is 2.22. The van der Waals surface area contributed by atoms with Crippen molar-refractivity contribution in [3.8, 4) is 0 Å². The predicted octanol–water partition coefficient (Wildman–Crippen LogP) is 1.24. The summed E-state index contributed by atoms with van der Waals surface area (Å²) in [4.78, 5) is 15.6. The van der Waals surface area contributed by atoms with E-state index in [2.05, 4.69) is 5.59 Å². The Kier molecular flexibility index (Phi) is 5.52. The molecule has 0 radical (unpaired) electrons. The lowest BCUT2D eigenvalue weighted by molar-refractivity contribution is -0.138. The largest absolute Gasteiger partial charge is 0.282 e. The number of carbonyl (C=O) groups is 1. The number of nitrogens with one attached hydrogen (secondary N) is 1. The summed E-state index contributed by atoms with van der Waals surface area (Å²) in [6.45, 7) is 1.42. The highest BCUT2D eigenvalue weighted by atomic mass is 16.7. The monoisotopic (exact) mass is 186 g/mol. The number of carbonyl (C=O) groups excluding carboxylic acids is 1. The number of hydrogen-bond acceptors (Lipinski definition) is 3. The van der Waals surface area contributed by atoms with Gasteiger partial charge in [-0.25, -0.2) is 0 Å². The summed E-state index contributed by atoms with van der Waals surface area (Å²) in [5.74, 6) is 0. The van der Waals surface area contributed by atoms with Gasteiger partial charge in [-0.05, 0) is 12.8 Å². The molecule has 13 heavy (non-hydrogen) atoms. The Morgan fingerprint density at radius 1 is 1.08 bits per heavy atom. The third-order valence-electron chi connectivity index (χ3n) is 2.20. The first kappa shape index (κ1) is 10.5. The highest BCUT2D eigenvalue weighted by molar-refractivity contribution is 5.45. The maximum absolute atomic E-state index is 10.5. The van der Waals surface area contributed by atoms with Crippen LogP contribution < -0.4 is 5.59 Å². The van der Waals surface area contributed by atoms with Crippen molar-refractivity contribution in [2.75, 3.05) is 13.2 Å². The average molecular weight is 186 g/mol. The number of amides is 1. The van der Waals surface area contributed by atoms with Crippen molar-refractivity contribution < 1.29 is 9.63 Å². The zero-order chi connectivity index (χ0) is 9.36. The van der Waals surface area contributed by atoms with Gasteiger partial charge >= 0.3 is 0 Å². The second-order valence-electron chi connectivity index (χ2n) is 3.36. The fourth-order valence-corrected chi connectivity index (χ4v) is 1.41. The van der Waals surface area contributed by atoms with E-state index in [1.807, 2.05) is 0 Å². The van der Waals surface area contributed by atoms with Gasteiger partial charge in [0.1, 0.15) is 0 Å². The lowest BCUT2D eigenvalue weighted by Gasteiger charge is -2.16. The second kappa shape index (κ2) is 6.86. The molecule has 1 heterocycles. The van der Waals surface area contributed by atoms with Crippen LogP contribution in [0.25, 0.3) is 0 Å². The van der Waals surface area contributed by atoms with E-state index in [9.17, 15) is 4.79 Å². The molecular weight excluding hydrogens is 168 g/mol. The lowest BCUT2D eigenvalue weighted by atomic mass is 10.1. The van der Waals surface area contributed by atoms with Crippen LogP contribution in [0.15, 0.2) is 0 Å². The molecule has 1 fully saturated rings. The molecule has 76 valence electrons. The maximum Gasteiger partial charge on any atom is 0.225 e. The van der Waals surface area contributed by atoms with Crippen molar-refractivity contribution in [1.82, 2.24) is 10.6 Å². The van der Waals surface area contributed by atoms with Crippen LogP contribution in [-0.4, -0.2) is 24.6 Å². The molecule has 1 amide bonds. The zero-order valence-electron chi connectivity index (χ0n) is 8.00. The molecule has 0 saturated carbocycles. The standard InChI is InChI=1S/C9H18N2O2/c12-9-11-7-5-3-1-2-4-6-8-13-10-11/h9-10H,1-8H2. The molecule has 1 aliphatic rings. The summed E-state index contributed by atoms with van der Waals surface area (Å²) in [5.41, 5.74) is 2.63. The molecule has 0 aliphatic carbocycles. The number of rotatable bonds is 1. The summed E-state index contributed by atoms with van der Waals surface area (Å²) in [6.07, 6.45) is 7.87. The molecule has 0 bridgehead atoms. The summed E-state index contributed by atoms with van der Waals surface area (Å²) < 4.78 is 0. The molecule has 0 spiro atoms. The lowest BCUT2D eigenvalue weighted by Crippen LogP contribution is -2.37. The van der Waals surface area contributed by atoms with Crippen molar-refractivity contribution in [2.24, 2.45) is 0 Å². The van der Waals surface area contributed by atoms with Crippen molar-refractivity contribution in [2.45, 2.75) is 38.5 Å². The molecule has 1 saturated heterocycles. The SMILES string of the molecule is O=CN1CCCCCCCCON1. The highest BCUT2D eigenvalue weighted by Crippen LogP contribution is 2.06. The van der Waals surface area contributed by atoms with E-state index in [1.54, 1.807) is 0 Å². The molecule has 4 nitrogen and oxygen atoms in total. The van der Waals surface area contributed by atoms with Crippen LogP contribution in [0.1, 0.15) is 38.5 Å². The smallest absolute Gasteiger partial charge is 0.225 e. The van der Waals surface area contributed by atoms with Crippen molar-refractivity contribution in [1.29, 1.82) is 0 Å². The first-order valence-electron chi connectivity index (χ1n) is 5.03. The van der Waals surface area contributed by atoms with Gasteiger partial charge < -0.3 is 0 Å². The average Bonchev–Trinajstić information content (AvgIpc) is 2.22. The van der Waals surface area contributed by atoms with Crippen molar-refractivity contribution in [3.63, 3.8) is 0 Å². The third kappa shape index (κ3) is 4.85. The quantitative estimate of drug-likeness (QED) is 0.626. The fourth-order valence-electron chi connectivity index (χ4n) is 1.41. The number of hydrogen-bond donors (Lipinski definition) is 1. The van der Waals surface area contributed by atoms with Gasteiger partial charge in [-0.2, -0.15) is 0 Å². The Labute approximate surface area is 79.2 Å². The Bertz CT molecular complexity index is 130. The zero-order valence-corrected chi connectivity index (χ0v) is 8.00. The molecular formula is C9H18N2O2. The number of nitrogens with zero attached hydrogens (tertiary/aromatic N) is 1.